The molecule has 1 aliphatic rings. The van der Waals surface area contributed by atoms with Gasteiger partial charge < -0.3 is 10.8 Å². The highest BCUT2D eigenvalue weighted by atomic mass is 16.3. The number of aromatic hydroxyl groups is 1. The number of ketones is 2. The van der Waals surface area contributed by atoms with Crippen molar-refractivity contribution in [3.05, 3.63) is 58.7 Å². The van der Waals surface area contributed by atoms with Crippen molar-refractivity contribution in [1.82, 2.24) is 0 Å². The fourth-order valence-corrected chi connectivity index (χ4v) is 2.23. The standard InChI is InChI=1S/C14H9NO3.C8H18/c15-9-5-6-10(16)12-11(9)13(17)7-3-1-2-4-8(7)14(12)18;1-7(2,3)8(4,5)6/h1-6,16H,15H2;1-6H3. The molecule has 0 bridgehead atoms. The Hall–Kier alpha value is -2.62. The third-order valence-electron chi connectivity index (χ3n) is 5.34. The topological polar surface area (TPSA) is 80.4 Å². The van der Waals surface area contributed by atoms with Gasteiger partial charge in [-0.2, -0.15) is 0 Å². The van der Waals surface area contributed by atoms with Gasteiger partial charge in [0.2, 0.25) is 0 Å². The number of carbonyl (C=O) groups excluding carboxylic acids is 2. The van der Waals surface area contributed by atoms with Crippen LogP contribution in [0, 0.1) is 10.8 Å². The SMILES string of the molecule is CC(C)(C)C(C)(C)C.Nc1ccc(O)c2c1C(=O)c1ccccc1C2=O. The van der Waals surface area contributed by atoms with Crippen molar-refractivity contribution < 1.29 is 14.7 Å². The Morgan fingerprint density at radius 2 is 1.15 bits per heavy atom. The van der Waals surface area contributed by atoms with E-state index in [1.165, 1.54) is 12.1 Å². The van der Waals surface area contributed by atoms with Crippen LogP contribution in [0.3, 0.4) is 0 Å². The van der Waals surface area contributed by atoms with E-state index in [0.717, 1.165) is 0 Å². The first-order chi connectivity index (χ1) is 11.9. The molecule has 4 nitrogen and oxygen atoms in total. The minimum atomic E-state index is -0.370. The van der Waals surface area contributed by atoms with Gasteiger partial charge in [-0.15, -0.1) is 0 Å². The lowest BCUT2D eigenvalue weighted by atomic mass is 9.71. The number of anilines is 1. The highest BCUT2D eigenvalue weighted by molar-refractivity contribution is 6.30. The van der Waals surface area contributed by atoms with Gasteiger partial charge >= 0.3 is 0 Å². The molecule has 0 aliphatic heterocycles. The number of carbonyl (C=O) groups is 2. The Labute approximate surface area is 155 Å². The average Bonchev–Trinajstić information content (AvgIpc) is 2.53. The summed E-state index contributed by atoms with van der Waals surface area (Å²) < 4.78 is 0. The number of phenols is 1. The maximum Gasteiger partial charge on any atom is 0.198 e. The number of fused-ring (bicyclic) bond motifs is 2. The van der Waals surface area contributed by atoms with Crippen LogP contribution in [0.5, 0.6) is 5.75 Å². The third-order valence-corrected chi connectivity index (χ3v) is 5.34. The summed E-state index contributed by atoms with van der Waals surface area (Å²) in [7, 11) is 0. The van der Waals surface area contributed by atoms with Crippen molar-refractivity contribution in [1.29, 1.82) is 0 Å². The summed E-state index contributed by atoms with van der Waals surface area (Å²) in [5.41, 5.74) is 7.54. The first kappa shape index (κ1) is 19.7. The Bertz CT molecular complexity index is 796. The summed E-state index contributed by atoms with van der Waals surface area (Å²) in [6, 6.07) is 9.27. The van der Waals surface area contributed by atoms with Crippen molar-refractivity contribution in [3.8, 4) is 5.75 Å². The van der Waals surface area contributed by atoms with Crippen LogP contribution in [0.2, 0.25) is 0 Å². The third kappa shape index (κ3) is 3.50. The van der Waals surface area contributed by atoms with Gasteiger partial charge in [0.25, 0.3) is 0 Å². The van der Waals surface area contributed by atoms with E-state index in [2.05, 4.69) is 41.5 Å². The predicted molar refractivity (Wildman–Crippen MR) is 105 cm³/mol. The van der Waals surface area contributed by atoms with Gasteiger partial charge in [0.05, 0.1) is 11.1 Å². The molecule has 26 heavy (non-hydrogen) atoms. The van der Waals surface area contributed by atoms with Gasteiger partial charge in [0.15, 0.2) is 11.6 Å². The largest absolute Gasteiger partial charge is 0.507 e. The molecule has 0 saturated heterocycles. The van der Waals surface area contributed by atoms with Crippen LogP contribution >= 0.6 is 0 Å². The van der Waals surface area contributed by atoms with Gasteiger partial charge in [0, 0.05) is 16.8 Å². The van der Waals surface area contributed by atoms with Crippen LogP contribution in [0.4, 0.5) is 5.69 Å². The molecule has 0 atom stereocenters. The monoisotopic (exact) mass is 353 g/mol. The molecule has 0 radical (unpaired) electrons. The number of phenolic OH excluding ortho intramolecular Hbond substituents is 1. The molecular formula is C22H27NO3. The number of nitrogen functional groups attached to an aromatic ring is 1. The molecule has 0 unspecified atom stereocenters. The van der Waals surface area contributed by atoms with Crippen LogP contribution in [-0.4, -0.2) is 16.7 Å². The lowest BCUT2D eigenvalue weighted by molar-refractivity contribution is 0.0977. The highest BCUT2D eigenvalue weighted by Gasteiger charge is 2.33. The zero-order valence-electron chi connectivity index (χ0n) is 16.3. The fraction of sp³-hybridized carbons (Fsp3) is 0.364. The molecule has 0 fully saturated rings. The second-order valence-electron chi connectivity index (χ2n) is 8.63. The molecule has 0 heterocycles. The number of hydrogen-bond acceptors (Lipinski definition) is 4. The highest BCUT2D eigenvalue weighted by Crippen LogP contribution is 2.37. The molecule has 0 aromatic heterocycles. The van der Waals surface area contributed by atoms with Gasteiger partial charge in [-0.05, 0) is 23.0 Å². The van der Waals surface area contributed by atoms with Gasteiger partial charge in [-0.25, -0.2) is 0 Å². The smallest absolute Gasteiger partial charge is 0.198 e. The van der Waals surface area contributed by atoms with E-state index < -0.39 is 0 Å². The van der Waals surface area contributed by atoms with Crippen molar-refractivity contribution in [2.75, 3.05) is 5.73 Å². The van der Waals surface area contributed by atoms with E-state index in [1.807, 2.05) is 0 Å². The van der Waals surface area contributed by atoms with Crippen molar-refractivity contribution >= 4 is 17.3 Å². The second kappa shape index (κ2) is 6.60. The molecule has 3 N–H and O–H groups in total. The van der Waals surface area contributed by atoms with E-state index >= 15 is 0 Å². The first-order valence-electron chi connectivity index (χ1n) is 8.66. The lowest BCUT2D eigenvalue weighted by Gasteiger charge is -2.34. The van der Waals surface area contributed by atoms with Crippen LogP contribution in [-0.2, 0) is 0 Å². The lowest BCUT2D eigenvalue weighted by Crippen LogP contribution is -2.25. The van der Waals surface area contributed by atoms with Gasteiger partial charge in [-0.1, -0.05) is 65.8 Å². The van der Waals surface area contributed by atoms with E-state index in [0.29, 0.717) is 22.0 Å². The average molecular weight is 353 g/mol. The van der Waals surface area contributed by atoms with E-state index in [4.69, 9.17) is 5.73 Å². The second-order valence-corrected chi connectivity index (χ2v) is 8.63. The van der Waals surface area contributed by atoms with Gasteiger partial charge in [-0.3, -0.25) is 9.59 Å². The van der Waals surface area contributed by atoms with Gasteiger partial charge in [0.1, 0.15) is 5.75 Å². The molecule has 1 aliphatic carbocycles. The Kier molecular flexibility index (Phi) is 5.00. The number of rotatable bonds is 0. The summed E-state index contributed by atoms with van der Waals surface area (Å²) in [6.07, 6.45) is 0. The maximum atomic E-state index is 12.3. The molecule has 0 amide bonds. The summed E-state index contributed by atoms with van der Waals surface area (Å²) >= 11 is 0. The summed E-state index contributed by atoms with van der Waals surface area (Å²) in [4.78, 5) is 24.5. The quantitative estimate of drug-likeness (QED) is 0.448. The molecule has 0 saturated carbocycles. The molecule has 138 valence electrons. The van der Waals surface area contributed by atoms with Crippen LogP contribution in [0.1, 0.15) is 73.4 Å². The zero-order chi connectivity index (χ0) is 19.9. The summed E-state index contributed by atoms with van der Waals surface area (Å²) in [6.45, 7) is 13.6. The van der Waals surface area contributed by atoms with Crippen LogP contribution in [0.15, 0.2) is 36.4 Å². The molecular weight excluding hydrogens is 326 g/mol. The molecule has 3 rings (SSSR count). The Morgan fingerprint density at radius 3 is 1.58 bits per heavy atom. The van der Waals surface area contributed by atoms with Crippen molar-refractivity contribution in [3.63, 3.8) is 0 Å². The number of benzene rings is 2. The molecule has 2 aromatic carbocycles. The maximum absolute atomic E-state index is 12.3. The molecule has 0 spiro atoms. The minimum Gasteiger partial charge on any atom is -0.507 e. The predicted octanol–water partition coefficient (Wildman–Crippen LogP) is 4.83. The van der Waals surface area contributed by atoms with Crippen LogP contribution in [0.25, 0.3) is 0 Å². The first-order valence-corrected chi connectivity index (χ1v) is 8.66. The Balaban J connectivity index is 0.000000260. The summed E-state index contributed by atoms with van der Waals surface area (Å²) in [5, 5.41) is 9.77. The zero-order valence-corrected chi connectivity index (χ0v) is 16.3. The molecule has 4 heteroatoms. The fourth-order valence-electron chi connectivity index (χ4n) is 2.23. The van der Waals surface area contributed by atoms with Crippen molar-refractivity contribution in [2.45, 2.75) is 41.5 Å². The van der Waals surface area contributed by atoms with E-state index in [1.54, 1.807) is 24.3 Å². The summed E-state index contributed by atoms with van der Waals surface area (Å²) in [5.74, 6) is -0.911. The number of nitrogens with two attached hydrogens (primary N) is 1. The molecule has 2 aromatic rings. The van der Waals surface area contributed by atoms with Crippen LogP contribution < -0.4 is 5.73 Å². The van der Waals surface area contributed by atoms with E-state index in [9.17, 15) is 14.7 Å². The normalized spacial score (nSPS) is 13.5. The van der Waals surface area contributed by atoms with E-state index in [-0.39, 0.29) is 34.1 Å². The Morgan fingerprint density at radius 1 is 0.731 bits per heavy atom. The minimum absolute atomic E-state index is 0.00120. The van der Waals surface area contributed by atoms with Crippen molar-refractivity contribution in [2.24, 2.45) is 10.8 Å². The number of hydrogen-bond donors (Lipinski definition) is 2.